The molecule has 2 nitrogen and oxygen atoms in total. The Labute approximate surface area is 171 Å². The SMILES string of the molecule is C=C(CC)C(C)C12CCC3C4CC/C(=N\O)C=C4C4(CC4)CC3C1[C@@H](C)CC2. The molecule has 5 aliphatic rings. The molecule has 0 aromatic rings. The lowest BCUT2D eigenvalue weighted by atomic mass is 9.46. The molecule has 0 aromatic carbocycles. The Morgan fingerprint density at radius 1 is 1.21 bits per heavy atom. The van der Waals surface area contributed by atoms with E-state index in [4.69, 9.17) is 0 Å². The van der Waals surface area contributed by atoms with Gasteiger partial charge in [0.25, 0.3) is 0 Å². The first-order valence-corrected chi connectivity index (χ1v) is 12.1. The lowest BCUT2D eigenvalue weighted by Crippen LogP contribution is -2.51. The summed E-state index contributed by atoms with van der Waals surface area (Å²) in [5.41, 5.74) is 5.12. The lowest BCUT2D eigenvalue weighted by molar-refractivity contribution is -0.0597. The molecule has 5 aliphatic carbocycles. The van der Waals surface area contributed by atoms with Crippen LogP contribution < -0.4 is 0 Å². The molecule has 0 radical (unpaired) electrons. The van der Waals surface area contributed by atoms with E-state index in [9.17, 15) is 5.21 Å². The van der Waals surface area contributed by atoms with Gasteiger partial charge in [-0.1, -0.05) is 43.7 Å². The molecule has 1 spiro atoms. The second-order valence-corrected chi connectivity index (χ2v) is 11.2. The molecule has 4 saturated carbocycles. The van der Waals surface area contributed by atoms with Crippen LogP contribution in [0.3, 0.4) is 0 Å². The maximum Gasteiger partial charge on any atom is 0.0795 e. The van der Waals surface area contributed by atoms with Crippen molar-refractivity contribution in [2.75, 3.05) is 0 Å². The molecule has 28 heavy (non-hydrogen) atoms. The quantitative estimate of drug-likeness (QED) is 0.319. The normalized spacial score (nSPS) is 45.8. The molecule has 0 amide bonds. The van der Waals surface area contributed by atoms with Crippen LogP contribution in [0.4, 0.5) is 0 Å². The topological polar surface area (TPSA) is 32.6 Å². The zero-order valence-electron chi connectivity index (χ0n) is 18.2. The Morgan fingerprint density at radius 3 is 2.64 bits per heavy atom. The van der Waals surface area contributed by atoms with Crippen molar-refractivity contribution < 1.29 is 5.21 Å². The maximum atomic E-state index is 9.37. The molecule has 6 unspecified atom stereocenters. The summed E-state index contributed by atoms with van der Waals surface area (Å²) < 4.78 is 0. The third-order valence-electron chi connectivity index (χ3n) is 10.4. The summed E-state index contributed by atoms with van der Waals surface area (Å²) in [5, 5.41) is 13.0. The molecular weight excluding hydrogens is 342 g/mol. The number of rotatable bonds is 3. The van der Waals surface area contributed by atoms with E-state index in [0.717, 1.165) is 48.1 Å². The van der Waals surface area contributed by atoms with Gasteiger partial charge in [0.2, 0.25) is 0 Å². The summed E-state index contributed by atoms with van der Waals surface area (Å²) in [6.07, 6.45) is 15.5. The van der Waals surface area contributed by atoms with E-state index in [0.29, 0.717) is 16.7 Å². The van der Waals surface area contributed by atoms with Gasteiger partial charge in [0.15, 0.2) is 0 Å². The molecule has 0 heterocycles. The fourth-order valence-electron chi connectivity index (χ4n) is 8.78. The molecule has 5 rings (SSSR count). The van der Waals surface area contributed by atoms with E-state index in [1.807, 2.05) is 0 Å². The lowest BCUT2D eigenvalue weighted by Gasteiger charge is -2.58. The zero-order chi connectivity index (χ0) is 19.7. The first-order chi connectivity index (χ1) is 13.5. The summed E-state index contributed by atoms with van der Waals surface area (Å²) in [6.45, 7) is 11.9. The Bertz CT molecular complexity index is 729. The molecule has 2 heteroatoms. The molecule has 0 saturated heterocycles. The van der Waals surface area contributed by atoms with Crippen LogP contribution >= 0.6 is 0 Å². The van der Waals surface area contributed by atoms with E-state index in [-0.39, 0.29) is 0 Å². The van der Waals surface area contributed by atoms with Crippen LogP contribution in [0.5, 0.6) is 0 Å². The first-order valence-electron chi connectivity index (χ1n) is 12.1. The minimum absolute atomic E-state index is 0.471. The Morgan fingerprint density at radius 2 is 1.96 bits per heavy atom. The van der Waals surface area contributed by atoms with Crippen LogP contribution in [0.2, 0.25) is 0 Å². The van der Waals surface area contributed by atoms with Crippen molar-refractivity contribution in [3.05, 3.63) is 23.8 Å². The van der Waals surface area contributed by atoms with Crippen LogP contribution in [0, 0.1) is 46.3 Å². The van der Waals surface area contributed by atoms with Gasteiger partial charge in [0.1, 0.15) is 0 Å². The van der Waals surface area contributed by atoms with Gasteiger partial charge in [-0.25, -0.2) is 0 Å². The molecule has 154 valence electrons. The third kappa shape index (κ3) is 2.48. The Hall–Kier alpha value is -1.05. The number of nitrogens with zero attached hydrogens (tertiary/aromatic N) is 1. The predicted octanol–water partition coefficient (Wildman–Crippen LogP) is 7.00. The standard InChI is InChI=1S/C26H39NO/c1-5-16(2)18(4)26-10-8-17(3)24(26)22-15-25(12-13-25)23-14-19(27-28)6-7-21(23)20(22)9-11-26/h14,17-18,20-22,24,28H,2,5-13,15H2,1,3-4H3/b27-19+/t17-,18?,20?,21?,22?,24?,26?/m0/s1. The summed E-state index contributed by atoms with van der Waals surface area (Å²) in [5.74, 6) is 5.01. The minimum Gasteiger partial charge on any atom is -0.411 e. The van der Waals surface area contributed by atoms with Crippen LogP contribution in [0.1, 0.15) is 85.0 Å². The summed E-state index contributed by atoms with van der Waals surface area (Å²) in [4.78, 5) is 0. The number of hydrogen-bond donors (Lipinski definition) is 1. The highest BCUT2D eigenvalue weighted by molar-refractivity contribution is 5.96. The zero-order valence-corrected chi connectivity index (χ0v) is 18.2. The van der Waals surface area contributed by atoms with Gasteiger partial charge in [-0.3, -0.25) is 0 Å². The predicted molar refractivity (Wildman–Crippen MR) is 115 cm³/mol. The van der Waals surface area contributed by atoms with Crippen LogP contribution in [-0.4, -0.2) is 10.9 Å². The summed E-state index contributed by atoms with van der Waals surface area (Å²) in [7, 11) is 0. The monoisotopic (exact) mass is 381 g/mol. The van der Waals surface area contributed by atoms with Crippen LogP contribution in [0.15, 0.2) is 29.0 Å². The van der Waals surface area contributed by atoms with Crippen molar-refractivity contribution in [1.82, 2.24) is 0 Å². The van der Waals surface area contributed by atoms with E-state index in [1.165, 1.54) is 56.9 Å². The Balaban J connectivity index is 1.52. The van der Waals surface area contributed by atoms with Crippen molar-refractivity contribution in [2.24, 2.45) is 51.5 Å². The second-order valence-electron chi connectivity index (χ2n) is 11.2. The smallest absolute Gasteiger partial charge is 0.0795 e. The molecule has 0 bridgehead atoms. The van der Waals surface area contributed by atoms with Crippen LogP contribution in [-0.2, 0) is 0 Å². The van der Waals surface area contributed by atoms with E-state index >= 15 is 0 Å². The second kappa shape index (κ2) is 6.47. The summed E-state index contributed by atoms with van der Waals surface area (Å²) in [6, 6.07) is 0. The average molecular weight is 382 g/mol. The molecular formula is C26H39NO. The molecule has 7 atom stereocenters. The molecule has 4 fully saturated rings. The number of oxime groups is 1. The highest BCUT2D eigenvalue weighted by atomic mass is 16.4. The van der Waals surface area contributed by atoms with Gasteiger partial charge in [0, 0.05) is 0 Å². The highest BCUT2D eigenvalue weighted by Gasteiger charge is 2.64. The van der Waals surface area contributed by atoms with Gasteiger partial charge >= 0.3 is 0 Å². The number of fused-ring (bicyclic) bond motifs is 6. The number of hydrogen-bond acceptors (Lipinski definition) is 2. The third-order valence-corrected chi connectivity index (χ3v) is 10.4. The first kappa shape index (κ1) is 18.9. The molecule has 1 N–H and O–H groups in total. The average Bonchev–Trinajstić information content (AvgIpc) is 3.41. The number of allylic oxidation sites excluding steroid dienone is 3. The van der Waals surface area contributed by atoms with Gasteiger partial charge in [-0.05, 0) is 117 Å². The van der Waals surface area contributed by atoms with Gasteiger partial charge in [0.05, 0.1) is 5.71 Å². The maximum absolute atomic E-state index is 9.37. The van der Waals surface area contributed by atoms with Gasteiger partial charge < -0.3 is 5.21 Å². The summed E-state index contributed by atoms with van der Waals surface area (Å²) >= 11 is 0. The van der Waals surface area contributed by atoms with Crippen LogP contribution in [0.25, 0.3) is 0 Å². The Kier molecular flexibility index (Phi) is 4.38. The van der Waals surface area contributed by atoms with Crippen molar-refractivity contribution in [1.29, 1.82) is 0 Å². The van der Waals surface area contributed by atoms with Crippen molar-refractivity contribution in [3.63, 3.8) is 0 Å². The minimum atomic E-state index is 0.471. The van der Waals surface area contributed by atoms with Crippen molar-refractivity contribution in [2.45, 2.75) is 85.0 Å². The van der Waals surface area contributed by atoms with Gasteiger partial charge in [-0.2, -0.15) is 0 Å². The van der Waals surface area contributed by atoms with E-state index < -0.39 is 0 Å². The molecule has 0 aromatic heterocycles. The van der Waals surface area contributed by atoms with Crippen molar-refractivity contribution in [3.8, 4) is 0 Å². The van der Waals surface area contributed by atoms with Gasteiger partial charge in [-0.15, -0.1) is 0 Å². The largest absolute Gasteiger partial charge is 0.411 e. The molecule has 0 aliphatic heterocycles. The van der Waals surface area contributed by atoms with E-state index in [2.05, 4.69) is 38.6 Å². The fourth-order valence-corrected chi connectivity index (χ4v) is 8.78. The van der Waals surface area contributed by atoms with E-state index in [1.54, 1.807) is 5.57 Å². The van der Waals surface area contributed by atoms with Crippen molar-refractivity contribution >= 4 is 5.71 Å². The highest BCUT2D eigenvalue weighted by Crippen LogP contribution is 2.73. The fraction of sp³-hybridized carbons (Fsp3) is 0.808.